The van der Waals surface area contributed by atoms with Crippen LogP contribution in [0.25, 0.3) is 11.4 Å². The number of hydrogen-bond donors (Lipinski definition) is 0. The fourth-order valence-corrected chi connectivity index (χ4v) is 4.48. The second-order valence-corrected chi connectivity index (χ2v) is 8.39. The molecule has 0 fully saturated rings. The van der Waals surface area contributed by atoms with Gasteiger partial charge in [-0.25, -0.2) is 9.36 Å². The van der Waals surface area contributed by atoms with E-state index in [1.165, 1.54) is 21.5 Å². The highest BCUT2D eigenvalue weighted by Gasteiger charge is 2.28. The Morgan fingerprint density at radius 3 is 1.64 bits per heavy atom. The third-order valence-corrected chi connectivity index (χ3v) is 6.12. The molecule has 9 heteroatoms. The van der Waals surface area contributed by atoms with Gasteiger partial charge in [0, 0.05) is 18.1 Å². The molecular weight excluding hydrogens is 458 g/mol. The number of rotatable bonds is 6. The lowest BCUT2D eigenvalue weighted by atomic mass is 9.84. The Morgan fingerprint density at radius 2 is 1.19 bits per heavy atom. The van der Waals surface area contributed by atoms with Crippen LogP contribution in [0.4, 0.5) is 5.69 Å². The van der Waals surface area contributed by atoms with Crippen LogP contribution >= 0.6 is 0 Å². The molecule has 0 N–H and O–H groups in total. The predicted octanol–water partition coefficient (Wildman–Crippen LogP) is 3.91. The van der Waals surface area contributed by atoms with Gasteiger partial charge in [0.1, 0.15) is 0 Å². The lowest BCUT2D eigenvalue weighted by Gasteiger charge is -2.25. The van der Waals surface area contributed by atoms with Crippen molar-refractivity contribution in [2.24, 2.45) is 0 Å². The number of hydrogen-bond acceptors (Lipinski definition) is 6. The van der Waals surface area contributed by atoms with E-state index in [1.54, 1.807) is 74.5 Å². The Kier molecular flexibility index (Phi) is 5.73. The van der Waals surface area contributed by atoms with Gasteiger partial charge in [0.2, 0.25) is 0 Å². The van der Waals surface area contributed by atoms with Crippen LogP contribution < -0.4 is 10.2 Å². The first-order valence-electron chi connectivity index (χ1n) is 11.2. The van der Waals surface area contributed by atoms with Gasteiger partial charge in [0.25, 0.3) is 5.69 Å². The van der Waals surface area contributed by atoms with Crippen molar-refractivity contribution in [2.75, 3.05) is 0 Å². The van der Waals surface area contributed by atoms with E-state index in [1.807, 2.05) is 12.1 Å². The normalized spacial score (nSPS) is 11.2. The standard InChI is InChI=1S/C27H23N5O4/c1-17-23(26(33)30(28-17)20-11-5-3-6-12-20)25(19-10-9-15-22(16-19)32(35)36)24-18(2)29-31(27(24)34)21-13-7-4-8-14-21/h3-16,25,33-34H,1-2H3/p-2. The van der Waals surface area contributed by atoms with Gasteiger partial charge in [-0.3, -0.25) is 10.1 Å². The molecule has 5 aromatic rings. The Balaban J connectivity index is 1.78. The number of benzene rings is 3. The van der Waals surface area contributed by atoms with Crippen LogP contribution in [-0.4, -0.2) is 24.5 Å². The average molecular weight is 479 g/mol. The zero-order chi connectivity index (χ0) is 25.4. The molecule has 0 amide bonds. The Labute approximate surface area is 206 Å². The molecule has 0 aliphatic rings. The van der Waals surface area contributed by atoms with E-state index in [0.29, 0.717) is 28.3 Å². The molecule has 0 aliphatic heterocycles. The maximum Gasteiger partial charge on any atom is 0.269 e. The number of para-hydroxylation sites is 2. The summed E-state index contributed by atoms with van der Waals surface area (Å²) in [7, 11) is 0. The van der Waals surface area contributed by atoms with Gasteiger partial charge in [-0.2, -0.15) is 10.2 Å². The summed E-state index contributed by atoms with van der Waals surface area (Å²) in [6.45, 7) is 3.39. The smallest absolute Gasteiger partial charge is 0.269 e. The number of nitrogens with zero attached hydrogens (tertiary/aromatic N) is 5. The second-order valence-electron chi connectivity index (χ2n) is 8.39. The molecular formula is C27H21N5O4-2. The highest BCUT2D eigenvalue weighted by Crippen LogP contribution is 2.43. The number of nitro benzene ring substituents is 1. The quantitative estimate of drug-likeness (QED) is 0.269. The first-order chi connectivity index (χ1) is 17.4. The van der Waals surface area contributed by atoms with Crippen molar-refractivity contribution in [3.05, 3.63) is 123 Å². The fourth-order valence-electron chi connectivity index (χ4n) is 4.48. The summed E-state index contributed by atoms with van der Waals surface area (Å²) in [5.41, 5.74) is 2.84. The van der Waals surface area contributed by atoms with Crippen molar-refractivity contribution >= 4 is 5.69 Å². The summed E-state index contributed by atoms with van der Waals surface area (Å²) in [6, 6.07) is 23.9. The SMILES string of the molecule is Cc1nn(-c2ccccc2)c([O-])c1C(c1cccc([N+](=O)[O-])c1)c1c(C)nn(-c2ccccc2)c1[O-]. The lowest BCUT2D eigenvalue weighted by Crippen LogP contribution is -2.13. The summed E-state index contributed by atoms with van der Waals surface area (Å²) in [6.07, 6.45) is 0. The van der Waals surface area contributed by atoms with Crippen molar-refractivity contribution < 1.29 is 15.1 Å². The topological polar surface area (TPSA) is 125 Å². The van der Waals surface area contributed by atoms with Gasteiger partial charge in [0.05, 0.1) is 27.7 Å². The minimum Gasteiger partial charge on any atom is -0.858 e. The fraction of sp³-hybridized carbons (Fsp3) is 0.111. The molecule has 0 atom stereocenters. The van der Waals surface area contributed by atoms with Crippen molar-refractivity contribution in [1.29, 1.82) is 0 Å². The first-order valence-corrected chi connectivity index (χ1v) is 11.2. The Morgan fingerprint density at radius 1 is 0.722 bits per heavy atom. The van der Waals surface area contributed by atoms with Crippen LogP contribution in [0.15, 0.2) is 84.9 Å². The van der Waals surface area contributed by atoms with E-state index in [-0.39, 0.29) is 16.8 Å². The predicted molar refractivity (Wildman–Crippen MR) is 130 cm³/mol. The van der Waals surface area contributed by atoms with Gasteiger partial charge in [-0.05, 0) is 66.6 Å². The van der Waals surface area contributed by atoms with E-state index in [4.69, 9.17) is 0 Å². The molecule has 0 saturated heterocycles. The van der Waals surface area contributed by atoms with E-state index in [2.05, 4.69) is 10.2 Å². The molecule has 0 saturated carbocycles. The van der Waals surface area contributed by atoms with Gasteiger partial charge in [-0.1, -0.05) is 48.5 Å². The lowest BCUT2D eigenvalue weighted by molar-refractivity contribution is -0.384. The van der Waals surface area contributed by atoms with E-state index < -0.39 is 22.6 Å². The summed E-state index contributed by atoms with van der Waals surface area (Å²) >= 11 is 0. The molecule has 5 rings (SSSR count). The van der Waals surface area contributed by atoms with Crippen LogP contribution in [-0.2, 0) is 0 Å². The van der Waals surface area contributed by atoms with Gasteiger partial charge in [0.15, 0.2) is 0 Å². The third-order valence-electron chi connectivity index (χ3n) is 6.12. The van der Waals surface area contributed by atoms with Crippen LogP contribution in [0.3, 0.4) is 0 Å². The molecule has 36 heavy (non-hydrogen) atoms. The molecule has 0 spiro atoms. The molecule has 2 heterocycles. The second kappa shape index (κ2) is 9.03. The molecule has 180 valence electrons. The van der Waals surface area contributed by atoms with Crippen LogP contribution in [0.1, 0.15) is 34.0 Å². The van der Waals surface area contributed by atoms with Crippen molar-refractivity contribution in [2.45, 2.75) is 19.8 Å². The van der Waals surface area contributed by atoms with Crippen LogP contribution in [0, 0.1) is 24.0 Å². The van der Waals surface area contributed by atoms with E-state index in [0.717, 1.165) is 0 Å². The Bertz CT molecular complexity index is 1470. The minimum absolute atomic E-state index is 0.140. The summed E-state index contributed by atoms with van der Waals surface area (Å²) in [5.74, 6) is -1.71. The highest BCUT2D eigenvalue weighted by atomic mass is 16.6. The molecule has 0 aliphatic carbocycles. The summed E-state index contributed by atoms with van der Waals surface area (Å²) in [4.78, 5) is 11.0. The van der Waals surface area contributed by atoms with Crippen molar-refractivity contribution in [3.8, 4) is 23.1 Å². The minimum atomic E-state index is -0.903. The monoisotopic (exact) mass is 479 g/mol. The average Bonchev–Trinajstić information content (AvgIpc) is 3.36. The zero-order valence-corrected chi connectivity index (χ0v) is 19.5. The highest BCUT2D eigenvalue weighted by molar-refractivity contribution is 5.56. The third kappa shape index (κ3) is 3.86. The van der Waals surface area contributed by atoms with Crippen LogP contribution in [0.5, 0.6) is 11.8 Å². The number of nitro groups is 1. The van der Waals surface area contributed by atoms with Crippen LogP contribution in [0.2, 0.25) is 0 Å². The van der Waals surface area contributed by atoms with Gasteiger partial charge >= 0.3 is 0 Å². The van der Waals surface area contributed by atoms with E-state index >= 15 is 0 Å². The van der Waals surface area contributed by atoms with Gasteiger partial charge in [-0.15, -0.1) is 0 Å². The number of aryl methyl sites for hydroxylation is 2. The molecule has 2 aromatic heterocycles. The molecule has 9 nitrogen and oxygen atoms in total. The molecule has 3 aromatic carbocycles. The zero-order valence-electron chi connectivity index (χ0n) is 19.5. The molecule has 0 bridgehead atoms. The molecule has 0 radical (unpaired) electrons. The first kappa shape index (κ1) is 22.9. The Hall–Kier alpha value is -4.92. The maximum atomic E-state index is 13.7. The summed E-state index contributed by atoms with van der Waals surface area (Å²) < 4.78 is 2.58. The number of non-ortho nitro benzene ring substituents is 1. The van der Waals surface area contributed by atoms with Gasteiger partial charge < -0.3 is 10.2 Å². The van der Waals surface area contributed by atoms with Crippen molar-refractivity contribution in [3.63, 3.8) is 0 Å². The maximum absolute atomic E-state index is 13.7. The number of aromatic nitrogens is 4. The van der Waals surface area contributed by atoms with E-state index in [9.17, 15) is 20.3 Å². The summed E-state index contributed by atoms with van der Waals surface area (Å²) in [5, 5.41) is 48.0. The molecule has 0 unspecified atom stereocenters. The van der Waals surface area contributed by atoms with Crippen molar-refractivity contribution in [1.82, 2.24) is 19.6 Å². The largest absolute Gasteiger partial charge is 0.858 e.